The monoisotopic (exact) mass is 721 g/mol. The number of quaternary nitrogens is 1. The molecule has 49 heavy (non-hydrogen) atoms. The molecule has 0 saturated heterocycles. The van der Waals surface area contributed by atoms with Crippen LogP contribution in [0.4, 0.5) is 43.9 Å². The van der Waals surface area contributed by atoms with Crippen LogP contribution < -0.4 is 0 Å². The summed E-state index contributed by atoms with van der Waals surface area (Å²) in [5, 5.41) is 34.4. The molecule has 2 saturated carbocycles. The van der Waals surface area contributed by atoms with Crippen LogP contribution >= 0.6 is 0 Å². The molecular weight excluding hydrogens is 672 g/mol. The average molecular weight is 722 g/mol. The predicted molar refractivity (Wildman–Crippen MR) is 164 cm³/mol. The van der Waals surface area contributed by atoms with Crippen molar-refractivity contribution in [3.05, 3.63) is 34.5 Å². The van der Waals surface area contributed by atoms with E-state index in [0.29, 0.717) is 19.3 Å². The smallest absolute Gasteiger partial charge is 0.460 e. The van der Waals surface area contributed by atoms with Crippen molar-refractivity contribution in [2.24, 2.45) is 23.2 Å². The Morgan fingerprint density at radius 1 is 0.878 bits per heavy atom. The topological polar surface area (TPSA) is 63.5 Å². The third kappa shape index (κ3) is 7.71. The largest absolute Gasteiger partial charge is 0.633 e. The molecule has 0 heterocycles. The van der Waals surface area contributed by atoms with Crippen LogP contribution in [0.1, 0.15) is 108 Å². The van der Waals surface area contributed by atoms with Crippen LogP contribution in [0.5, 0.6) is 5.75 Å². The van der Waals surface area contributed by atoms with Gasteiger partial charge in [0.1, 0.15) is 11.9 Å². The maximum atomic E-state index is 16.1. The molecule has 282 valence electrons. The molecule has 0 aliphatic heterocycles. The summed E-state index contributed by atoms with van der Waals surface area (Å²) in [6, 6.07) is 5.16. The van der Waals surface area contributed by atoms with E-state index in [1.54, 1.807) is 12.1 Å². The maximum Gasteiger partial charge on any atom is 0.460 e. The fourth-order valence-corrected chi connectivity index (χ4v) is 9.14. The quantitative estimate of drug-likeness (QED) is 0.0821. The number of aromatic hydroxyl groups is 1. The molecule has 3 aliphatic carbocycles. The Bertz CT molecular complexity index is 1290. The molecule has 2 N–H and O–H groups in total. The zero-order chi connectivity index (χ0) is 36.8. The molecule has 0 spiro atoms. The van der Waals surface area contributed by atoms with Crippen LogP contribution in [0.25, 0.3) is 0 Å². The van der Waals surface area contributed by atoms with Gasteiger partial charge in [-0.15, -0.1) is 0 Å². The molecule has 4 rings (SSSR count). The Balaban J connectivity index is 1.23. The summed E-state index contributed by atoms with van der Waals surface area (Å²) in [6.45, 7) is 4.16. The van der Waals surface area contributed by atoms with E-state index in [2.05, 4.69) is 0 Å². The first-order valence-electron chi connectivity index (χ1n) is 17.3. The number of aliphatic hydroxyl groups is 1. The first-order chi connectivity index (χ1) is 22.4. The van der Waals surface area contributed by atoms with Gasteiger partial charge in [0.2, 0.25) is 0 Å². The molecule has 3 aliphatic rings. The molecule has 1 aromatic carbocycles. The molecule has 2 fully saturated rings. The highest BCUT2D eigenvalue weighted by Crippen LogP contribution is 2.66. The van der Waals surface area contributed by atoms with Crippen molar-refractivity contribution in [2.45, 2.75) is 139 Å². The van der Waals surface area contributed by atoms with Gasteiger partial charge in [-0.25, -0.2) is 4.39 Å². The summed E-state index contributed by atoms with van der Waals surface area (Å²) in [7, 11) is 1.44. The molecular formula is C35H49F10NO3. The summed E-state index contributed by atoms with van der Waals surface area (Å²) in [5.74, 6) is -18.9. The molecule has 0 radical (unpaired) electrons. The number of hydrogen-bond acceptors (Lipinski definition) is 3. The minimum Gasteiger partial charge on any atom is -0.633 e. The molecule has 8 atom stereocenters. The van der Waals surface area contributed by atoms with Gasteiger partial charge in [-0.2, -0.15) is 39.5 Å². The summed E-state index contributed by atoms with van der Waals surface area (Å²) in [4.78, 5) is 0. The van der Waals surface area contributed by atoms with E-state index < -0.39 is 58.6 Å². The minimum atomic E-state index is -6.88. The van der Waals surface area contributed by atoms with Crippen molar-refractivity contribution >= 4 is 0 Å². The van der Waals surface area contributed by atoms with Crippen LogP contribution in [0.15, 0.2) is 18.2 Å². The zero-order valence-electron chi connectivity index (χ0n) is 28.3. The van der Waals surface area contributed by atoms with Gasteiger partial charge in [0.05, 0.1) is 25.7 Å². The van der Waals surface area contributed by atoms with Crippen molar-refractivity contribution in [3.8, 4) is 5.75 Å². The third-order valence-corrected chi connectivity index (χ3v) is 12.2. The lowest BCUT2D eigenvalue weighted by atomic mass is 9.50. The van der Waals surface area contributed by atoms with Gasteiger partial charge in [0.25, 0.3) is 0 Å². The van der Waals surface area contributed by atoms with Crippen LogP contribution in [-0.4, -0.2) is 70.7 Å². The van der Waals surface area contributed by atoms with Crippen molar-refractivity contribution in [3.63, 3.8) is 0 Å². The van der Waals surface area contributed by atoms with Crippen LogP contribution in [-0.2, 0) is 6.42 Å². The maximum absolute atomic E-state index is 16.1. The van der Waals surface area contributed by atoms with E-state index >= 15 is 4.39 Å². The highest BCUT2D eigenvalue weighted by atomic mass is 19.4. The Hall–Kier alpha value is -1.80. The number of halogens is 10. The number of hydrogen-bond donors (Lipinski definition) is 2. The lowest BCUT2D eigenvalue weighted by molar-refractivity contribution is -0.861. The SMILES string of the molecule is C[C@]1(O)CC[C@H]2[C@@H]3[C@H](CCCCC[N@@+](C)([O-])CCCCCCC(F)(F)C(F)(F)C(F)(F)C(F)(F)F)Cc4cc(O)ccc4[C@H]3[C@@H](F)C[C@@]21C. The number of nitrogens with zero attached hydrogens (tertiary/aromatic N) is 1. The first-order valence-corrected chi connectivity index (χ1v) is 17.3. The van der Waals surface area contributed by atoms with Gasteiger partial charge in [0.15, 0.2) is 0 Å². The van der Waals surface area contributed by atoms with Gasteiger partial charge in [-0.05, 0) is 112 Å². The highest BCUT2D eigenvalue weighted by Gasteiger charge is 2.81. The zero-order valence-corrected chi connectivity index (χ0v) is 28.3. The summed E-state index contributed by atoms with van der Waals surface area (Å²) in [6.07, 6.45) is -5.04. The first kappa shape index (κ1) is 40.0. The fraction of sp³-hybridized carbons (Fsp3) is 0.829. The summed E-state index contributed by atoms with van der Waals surface area (Å²) >= 11 is 0. The molecule has 0 amide bonds. The van der Waals surface area contributed by atoms with Gasteiger partial charge in [0, 0.05) is 17.8 Å². The Morgan fingerprint density at radius 2 is 1.47 bits per heavy atom. The third-order valence-electron chi connectivity index (χ3n) is 12.2. The van der Waals surface area contributed by atoms with Crippen LogP contribution in [0, 0.1) is 28.4 Å². The number of phenols is 1. The van der Waals surface area contributed by atoms with E-state index in [-0.39, 0.29) is 68.2 Å². The second-order valence-electron chi connectivity index (χ2n) is 15.6. The van der Waals surface area contributed by atoms with Gasteiger partial charge in [-0.1, -0.05) is 25.8 Å². The van der Waals surface area contributed by atoms with Crippen LogP contribution in [0.2, 0.25) is 0 Å². The lowest BCUT2D eigenvalue weighted by Crippen LogP contribution is -2.60. The second-order valence-corrected chi connectivity index (χ2v) is 15.6. The van der Waals surface area contributed by atoms with Crippen molar-refractivity contribution in [2.75, 3.05) is 20.1 Å². The number of fused-ring (bicyclic) bond motifs is 5. The van der Waals surface area contributed by atoms with Crippen molar-refractivity contribution < 1.29 is 58.8 Å². The highest BCUT2D eigenvalue weighted by molar-refractivity contribution is 5.41. The van der Waals surface area contributed by atoms with E-state index in [0.717, 1.165) is 36.8 Å². The standard InChI is InChI=1S/C35H49F10NO3/c1-30-21-27(36)29-25-13-12-24(47)20-23(25)19-22(28(29)26(30)14-16-31(30,2)48)11-7-6-10-18-46(3,49)17-9-5-4-8-15-32(37,38)33(39,40)34(41,42)35(43,44)45/h12-13,20,22,26-29,47-48H,4-11,14-19,21H2,1-3H3/t22-,26+,27+,28+,29+,30+,31+,46+/m1/s1. The van der Waals surface area contributed by atoms with Crippen molar-refractivity contribution in [1.82, 2.24) is 0 Å². The predicted octanol–water partition coefficient (Wildman–Crippen LogP) is 10.1. The number of rotatable bonds is 15. The second kappa shape index (κ2) is 14.0. The molecule has 0 aromatic heterocycles. The van der Waals surface area contributed by atoms with E-state index in [1.165, 1.54) is 7.05 Å². The number of hydroxylamine groups is 3. The Morgan fingerprint density at radius 3 is 2.08 bits per heavy atom. The van der Waals surface area contributed by atoms with Crippen LogP contribution in [0.3, 0.4) is 0 Å². The molecule has 0 bridgehead atoms. The van der Waals surface area contributed by atoms with Gasteiger partial charge in [-0.3, -0.25) is 0 Å². The lowest BCUT2D eigenvalue weighted by Gasteiger charge is -2.56. The summed E-state index contributed by atoms with van der Waals surface area (Å²) in [5.41, 5.74) is 0.379. The van der Waals surface area contributed by atoms with Gasteiger partial charge < -0.3 is 20.1 Å². The molecule has 1 aromatic rings. The fourth-order valence-electron chi connectivity index (χ4n) is 9.14. The molecule has 14 heteroatoms. The Kier molecular flexibility index (Phi) is 11.4. The number of benzene rings is 1. The number of unbranched alkanes of at least 4 members (excludes halogenated alkanes) is 5. The minimum absolute atomic E-state index is 0.0348. The van der Waals surface area contributed by atoms with E-state index in [4.69, 9.17) is 0 Å². The average Bonchev–Trinajstić information content (AvgIpc) is 3.21. The molecule has 4 nitrogen and oxygen atoms in total. The number of phenolic OH excluding ortho intramolecular Hbond substituents is 1. The van der Waals surface area contributed by atoms with Gasteiger partial charge >= 0.3 is 23.9 Å². The number of alkyl halides is 10. The summed E-state index contributed by atoms with van der Waals surface area (Å²) < 4.78 is 133. The Labute approximate surface area is 281 Å². The van der Waals surface area contributed by atoms with E-state index in [1.807, 2.05) is 19.9 Å². The van der Waals surface area contributed by atoms with E-state index in [9.17, 15) is 54.9 Å². The van der Waals surface area contributed by atoms with Crippen molar-refractivity contribution in [1.29, 1.82) is 0 Å². The molecule has 0 unspecified atom stereocenters. The normalized spacial score (nSPS) is 31.9.